The molecule has 0 saturated heterocycles. The van der Waals surface area contributed by atoms with Crippen molar-refractivity contribution in [3.8, 4) is 0 Å². The SMILES string of the molecule is N#N.[O-][n+]1ccccc1Cl. The number of pyridine rings is 1. The van der Waals surface area contributed by atoms with Crippen LogP contribution in [0.5, 0.6) is 0 Å². The summed E-state index contributed by atoms with van der Waals surface area (Å²) in [6.07, 6.45) is 1.35. The molecule has 0 aliphatic carbocycles. The molecule has 0 aliphatic rings. The Labute approximate surface area is 62.7 Å². The zero-order valence-corrected chi connectivity index (χ0v) is 5.69. The smallest absolute Gasteiger partial charge is 0.286 e. The van der Waals surface area contributed by atoms with Crippen LogP contribution in [0, 0.1) is 16.0 Å². The Morgan fingerprint density at radius 1 is 1.40 bits per heavy atom. The normalized spacial score (nSPS) is 7.50. The number of hydrogen-bond donors (Lipinski definition) is 0. The Kier molecular flexibility index (Phi) is 3.92. The minimum Gasteiger partial charge on any atom is -0.618 e. The molecule has 0 spiro atoms. The largest absolute Gasteiger partial charge is 0.618 e. The van der Waals surface area contributed by atoms with Gasteiger partial charge in [-0.2, -0.15) is 4.73 Å². The molecule has 0 amide bonds. The Morgan fingerprint density at radius 3 is 2.30 bits per heavy atom. The molecule has 1 rings (SSSR count). The Balaban J connectivity index is 0.000000371. The van der Waals surface area contributed by atoms with Crippen molar-refractivity contribution in [1.29, 1.82) is 10.8 Å². The summed E-state index contributed by atoms with van der Waals surface area (Å²) in [6, 6.07) is 4.87. The standard InChI is InChI=1S/C5H4ClNO.N2/c6-5-3-1-2-4-7(5)8;1-2/h1-4H;. The average molecular weight is 158 g/mol. The minimum absolute atomic E-state index is 0.201. The van der Waals surface area contributed by atoms with Crippen LogP contribution < -0.4 is 4.73 Å². The monoisotopic (exact) mass is 157 g/mol. The van der Waals surface area contributed by atoms with Gasteiger partial charge in [-0.05, 0) is 17.7 Å². The zero-order chi connectivity index (χ0) is 7.98. The molecule has 0 atom stereocenters. The molecular formula is C5H4ClN3O. The van der Waals surface area contributed by atoms with Crippen molar-refractivity contribution in [3.05, 3.63) is 34.8 Å². The summed E-state index contributed by atoms with van der Waals surface area (Å²) in [4.78, 5) is 0. The number of halogens is 1. The third kappa shape index (κ3) is 2.29. The Hall–Kier alpha value is -1.34. The van der Waals surface area contributed by atoms with Crippen molar-refractivity contribution >= 4 is 11.6 Å². The predicted octanol–water partition coefficient (Wildman–Crippen LogP) is 1.00. The highest BCUT2D eigenvalue weighted by molar-refractivity contribution is 6.28. The van der Waals surface area contributed by atoms with Crippen molar-refractivity contribution in [3.63, 3.8) is 0 Å². The van der Waals surface area contributed by atoms with Crippen LogP contribution >= 0.6 is 11.6 Å². The summed E-state index contributed by atoms with van der Waals surface area (Å²) in [5, 5.41) is 22.6. The van der Waals surface area contributed by atoms with Crippen molar-refractivity contribution in [2.24, 2.45) is 0 Å². The lowest BCUT2D eigenvalue weighted by Crippen LogP contribution is -2.25. The maximum absolute atomic E-state index is 10.4. The van der Waals surface area contributed by atoms with E-state index in [0.29, 0.717) is 4.73 Å². The molecule has 4 nitrogen and oxygen atoms in total. The third-order valence-electron chi connectivity index (χ3n) is 0.777. The lowest BCUT2D eigenvalue weighted by molar-refractivity contribution is -0.603. The van der Waals surface area contributed by atoms with Gasteiger partial charge in [0.1, 0.15) is 0 Å². The summed E-state index contributed by atoms with van der Waals surface area (Å²) in [5.41, 5.74) is 0. The second-order valence-electron chi connectivity index (χ2n) is 1.35. The van der Waals surface area contributed by atoms with Gasteiger partial charge < -0.3 is 5.21 Å². The molecule has 10 heavy (non-hydrogen) atoms. The first-order chi connectivity index (χ1) is 4.80. The number of nitrogens with zero attached hydrogens (tertiary/aromatic N) is 3. The summed E-state index contributed by atoms with van der Waals surface area (Å²) >= 11 is 5.36. The van der Waals surface area contributed by atoms with Gasteiger partial charge in [-0.3, -0.25) is 0 Å². The second-order valence-corrected chi connectivity index (χ2v) is 1.74. The Bertz CT molecular complexity index is 204. The van der Waals surface area contributed by atoms with E-state index in [2.05, 4.69) is 0 Å². The van der Waals surface area contributed by atoms with E-state index in [-0.39, 0.29) is 5.15 Å². The first kappa shape index (κ1) is 8.66. The van der Waals surface area contributed by atoms with Gasteiger partial charge in [-0.1, -0.05) is 0 Å². The van der Waals surface area contributed by atoms with Gasteiger partial charge >= 0.3 is 0 Å². The van der Waals surface area contributed by atoms with E-state index in [4.69, 9.17) is 22.4 Å². The number of aromatic nitrogens is 1. The highest BCUT2D eigenvalue weighted by atomic mass is 35.5. The molecule has 0 aromatic carbocycles. The van der Waals surface area contributed by atoms with Gasteiger partial charge in [-0.25, -0.2) is 0 Å². The fourth-order valence-electron chi connectivity index (χ4n) is 0.407. The van der Waals surface area contributed by atoms with Crippen LogP contribution in [0.25, 0.3) is 0 Å². The molecule has 0 saturated carbocycles. The van der Waals surface area contributed by atoms with E-state index in [9.17, 15) is 5.21 Å². The molecule has 0 fully saturated rings. The van der Waals surface area contributed by atoms with Crippen LogP contribution in [-0.2, 0) is 0 Å². The maximum Gasteiger partial charge on any atom is 0.286 e. The molecule has 5 heteroatoms. The van der Waals surface area contributed by atoms with E-state index in [1.54, 1.807) is 12.1 Å². The summed E-state index contributed by atoms with van der Waals surface area (Å²) in [7, 11) is 0. The van der Waals surface area contributed by atoms with E-state index in [1.807, 2.05) is 0 Å². The van der Waals surface area contributed by atoms with E-state index >= 15 is 0 Å². The van der Waals surface area contributed by atoms with Crippen molar-refractivity contribution in [2.45, 2.75) is 0 Å². The summed E-state index contributed by atoms with van der Waals surface area (Å²) in [5.74, 6) is 0. The van der Waals surface area contributed by atoms with E-state index in [0.717, 1.165) is 0 Å². The van der Waals surface area contributed by atoms with Crippen LogP contribution in [0.4, 0.5) is 0 Å². The van der Waals surface area contributed by atoms with E-state index < -0.39 is 0 Å². The summed E-state index contributed by atoms with van der Waals surface area (Å²) in [6.45, 7) is 0. The lowest BCUT2D eigenvalue weighted by Gasteiger charge is -1.93. The third-order valence-corrected chi connectivity index (χ3v) is 1.07. The first-order valence-corrected chi connectivity index (χ1v) is 2.72. The van der Waals surface area contributed by atoms with Crippen LogP contribution in [0.15, 0.2) is 24.4 Å². The fourth-order valence-corrected chi connectivity index (χ4v) is 0.537. The maximum atomic E-state index is 10.4. The first-order valence-electron chi connectivity index (χ1n) is 2.34. The molecule has 0 unspecified atom stereocenters. The van der Waals surface area contributed by atoms with E-state index in [1.165, 1.54) is 12.3 Å². The van der Waals surface area contributed by atoms with Crippen molar-refractivity contribution in [2.75, 3.05) is 0 Å². The highest BCUT2D eigenvalue weighted by Gasteiger charge is 1.92. The van der Waals surface area contributed by atoms with Gasteiger partial charge in [-0.15, -0.1) is 0 Å². The fraction of sp³-hybridized carbons (Fsp3) is 0. The summed E-state index contributed by atoms with van der Waals surface area (Å²) < 4.78 is 0.599. The zero-order valence-electron chi connectivity index (χ0n) is 4.94. The van der Waals surface area contributed by atoms with Crippen LogP contribution in [0.3, 0.4) is 0 Å². The molecule has 1 heterocycles. The van der Waals surface area contributed by atoms with Crippen LogP contribution in [0.1, 0.15) is 0 Å². The molecular weight excluding hydrogens is 154 g/mol. The molecule has 0 aliphatic heterocycles. The van der Waals surface area contributed by atoms with Gasteiger partial charge in [0.25, 0.3) is 5.15 Å². The second kappa shape index (κ2) is 4.53. The molecule has 1 aromatic heterocycles. The predicted molar refractivity (Wildman–Crippen MR) is 33.9 cm³/mol. The minimum atomic E-state index is 0.201. The van der Waals surface area contributed by atoms with Gasteiger partial charge in [0.2, 0.25) is 0 Å². The molecule has 52 valence electrons. The van der Waals surface area contributed by atoms with Crippen molar-refractivity contribution in [1.82, 2.24) is 0 Å². The topological polar surface area (TPSA) is 74.5 Å². The highest BCUT2D eigenvalue weighted by Crippen LogP contribution is 1.96. The van der Waals surface area contributed by atoms with Gasteiger partial charge in [0, 0.05) is 22.9 Å². The van der Waals surface area contributed by atoms with Crippen molar-refractivity contribution < 1.29 is 4.73 Å². The lowest BCUT2D eigenvalue weighted by atomic mass is 10.5. The molecule has 0 radical (unpaired) electrons. The van der Waals surface area contributed by atoms with Crippen LogP contribution in [-0.4, -0.2) is 0 Å². The molecule has 0 N–H and O–H groups in total. The Morgan fingerprint density at radius 2 is 2.00 bits per heavy atom. The number of hydrogen-bond acceptors (Lipinski definition) is 3. The van der Waals surface area contributed by atoms with Gasteiger partial charge in [0.15, 0.2) is 6.20 Å². The number of rotatable bonds is 0. The van der Waals surface area contributed by atoms with Gasteiger partial charge in [0.05, 0.1) is 0 Å². The molecule has 1 aromatic rings. The molecule has 0 bridgehead atoms. The van der Waals surface area contributed by atoms with Crippen LogP contribution in [0.2, 0.25) is 5.15 Å². The average Bonchev–Trinajstić information content (AvgIpc) is 2.00. The quantitative estimate of drug-likeness (QED) is 0.244.